The van der Waals surface area contributed by atoms with Crippen molar-refractivity contribution in [3.8, 4) is 0 Å². The third-order valence-electron chi connectivity index (χ3n) is 1.28. The van der Waals surface area contributed by atoms with E-state index >= 15 is 0 Å². The average molecular weight is 178 g/mol. The number of aryl methyl sites for hydroxylation is 1. The van der Waals surface area contributed by atoms with Crippen LogP contribution in [-0.4, -0.2) is 21.5 Å². The van der Waals surface area contributed by atoms with Crippen LogP contribution in [0.3, 0.4) is 0 Å². The van der Waals surface area contributed by atoms with E-state index in [1.165, 1.54) is 13.2 Å². The average Bonchev–Trinajstić information content (AvgIpc) is 2.31. The first-order chi connectivity index (χ1) is 5.43. The van der Waals surface area contributed by atoms with Crippen LogP contribution in [-0.2, 0) is 7.05 Å². The van der Waals surface area contributed by atoms with Crippen LogP contribution in [0.15, 0.2) is 12.4 Å². The number of carbonyl (C=O) groups is 1. The van der Waals surface area contributed by atoms with Gasteiger partial charge in [0.2, 0.25) is 0 Å². The van der Waals surface area contributed by atoms with Crippen LogP contribution < -0.4 is 0 Å². The van der Waals surface area contributed by atoms with Crippen molar-refractivity contribution >= 4 is 5.78 Å². The van der Waals surface area contributed by atoms with E-state index in [0.29, 0.717) is 0 Å². The van der Waals surface area contributed by atoms with Crippen molar-refractivity contribution in [1.82, 2.24) is 9.55 Å². The standard InChI is InChI=1S/C6H5F3N2O/c1-11-3-2-10-5(11)4(12)6(7,8)9/h2-3H,1H3. The van der Waals surface area contributed by atoms with Gasteiger partial charge in [-0.2, -0.15) is 13.2 Å². The maximum absolute atomic E-state index is 11.8. The molecular weight excluding hydrogens is 173 g/mol. The van der Waals surface area contributed by atoms with Crippen LogP contribution in [0.2, 0.25) is 0 Å². The monoisotopic (exact) mass is 178 g/mol. The fourth-order valence-electron chi connectivity index (χ4n) is 0.711. The zero-order valence-electron chi connectivity index (χ0n) is 6.09. The van der Waals surface area contributed by atoms with Gasteiger partial charge in [0.25, 0.3) is 0 Å². The lowest BCUT2D eigenvalue weighted by Gasteiger charge is -2.03. The van der Waals surface area contributed by atoms with Crippen LogP contribution in [0.4, 0.5) is 13.2 Å². The van der Waals surface area contributed by atoms with E-state index < -0.39 is 17.8 Å². The molecule has 0 aromatic carbocycles. The second-order valence-corrected chi connectivity index (χ2v) is 2.19. The number of carbonyl (C=O) groups excluding carboxylic acids is 1. The first kappa shape index (κ1) is 8.76. The van der Waals surface area contributed by atoms with Gasteiger partial charge in [0, 0.05) is 19.4 Å². The molecule has 0 bridgehead atoms. The van der Waals surface area contributed by atoms with Gasteiger partial charge >= 0.3 is 12.0 Å². The molecule has 0 aliphatic heterocycles. The fraction of sp³-hybridized carbons (Fsp3) is 0.333. The molecule has 0 N–H and O–H groups in total. The summed E-state index contributed by atoms with van der Waals surface area (Å²) in [5, 5.41) is 0. The zero-order valence-corrected chi connectivity index (χ0v) is 6.09. The highest BCUT2D eigenvalue weighted by Gasteiger charge is 2.41. The summed E-state index contributed by atoms with van der Waals surface area (Å²) in [4.78, 5) is 13.8. The number of alkyl halides is 3. The summed E-state index contributed by atoms with van der Waals surface area (Å²) in [6, 6.07) is 0. The van der Waals surface area contributed by atoms with Crippen LogP contribution in [0.1, 0.15) is 10.6 Å². The molecule has 12 heavy (non-hydrogen) atoms. The molecule has 0 fully saturated rings. The Bertz CT molecular complexity index is 302. The minimum absolute atomic E-state index is 0.595. The largest absolute Gasteiger partial charge is 0.458 e. The molecule has 0 saturated heterocycles. The third kappa shape index (κ3) is 1.46. The molecule has 66 valence electrons. The van der Waals surface area contributed by atoms with Gasteiger partial charge in [0.1, 0.15) is 0 Å². The van der Waals surface area contributed by atoms with Gasteiger partial charge in [-0.15, -0.1) is 0 Å². The topological polar surface area (TPSA) is 34.9 Å². The number of nitrogens with zero attached hydrogens (tertiary/aromatic N) is 2. The van der Waals surface area contributed by atoms with Gasteiger partial charge in [-0.25, -0.2) is 4.98 Å². The van der Waals surface area contributed by atoms with Gasteiger partial charge in [0.15, 0.2) is 5.82 Å². The number of hydrogen-bond acceptors (Lipinski definition) is 2. The molecule has 0 unspecified atom stereocenters. The van der Waals surface area contributed by atoms with Crippen molar-refractivity contribution in [3.63, 3.8) is 0 Å². The van der Waals surface area contributed by atoms with Crippen LogP contribution in [0.25, 0.3) is 0 Å². The predicted octanol–water partition coefficient (Wildman–Crippen LogP) is 1.17. The number of hydrogen-bond donors (Lipinski definition) is 0. The number of Topliss-reactive ketones (excluding diaryl/α,β-unsaturated/α-hetero) is 1. The summed E-state index contributed by atoms with van der Waals surface area (Å²) >= 11 is 0. The fourth-order valence-corrected chi connectivity index (χ4v) is 0.711. The van der Waals surface area contributed by atoms with Gasteiger partial charge < -0.3 is 4.57 Å². The SMILES string of the molecule is Cn1ccnc1C(=O)C(F)(F)F. The van der Waals surface area contributed by atoms with E-state index in [-0.39, 0.29) is 0 Å². The minimum Gasteiger partial charge on any atom is -0.331 e. The highest BCUT2D eigenvalue weighted by Crippen LogP contribution is 2.19. The molecule has 1 aromatic rings. The van der Waals surface area contributed by atoms with E-state index in [9.17, 15) is 18.0 Å². The van der Waals surface area contributed by atoms with E-state index in [0.717, 1.165) is 10.8 Å². The Morgan fingerprint density at radius 2 is 2.17 bits per heavy atom. The quantitative estimate of drug-likeness (QED) is 0.605. The second-order valence-electron chi connectivity index (χ2n) is 2.19. The van der Waals surface area contributed by atoms with Crippen molar-refractivity contribution in [3.05, 3.63) is 18.2 Å². The lowest BCUT2D eigenvalue weighted by molar-refractivity contribution is -0.0893. The summed E-state index contributed by atoms with van der Waals surface area (Å²) in [7, 11) is 1.33. The number of rotatable bonds is 1. The summed E-state index contributed by atoms with van der Waals surface area (Å²) in [6.07, 6.45) is -2.43. The van der Waals surface area contributed by atoms with Gasteiger partial charge in [-0.1, -0.05) is 0 Å². The molecule has 0 amide bonds. The summed E-state index contributed by atoms with van der Waals surface area (Å²) in [5.74, 6) is -2.52. The second kappa shape index (κ2) is 2.62. The molecule has 0 aliphatic carbocycles. The molecular formula is C6H5F3N2O. The zero-order chi connectivity index (χ0) is 9.35. The number of halogens is 3. The van der Waals surface area contributed by atoms with E-state index in [4.69, 9.17) is 0 Å². The highest BCUT2D eigenvalue weighted by molar-refractivity contribution is 5.97. The Hall–Kier alpha value is -1.33. The predicted molar refractivity (Wildman–Crippen MR) is 33.6 cm³/mol. The number of imidazole rings is 1. The molecule has 1 rings (SSSR count). The Morgan fingerprint density at radius 1 is 1.58 bits per heavy atom. The van der Waals surface area contributed by atoms with Gasteiger partial charge in [0.05, 0.1) is 0 Å². The smallest absolute Gasteiger partial charge is 0.331 e. The van der Waals surface area contributed by atoms with Gasteiger partial charge in [-0.3, -0.25) is 4.79 Å². The third-order valence-corrected chi connectivity index (χ3v) is 1.28. The van der Waals surface area contributed by atoms with Gasteiger partial charge in [-0.05, 0) is 0 Å². The molecule has 0 atom stereocenters. The summed E-state index contributed by atoms with van der Waals surface area (Å²) < 4.78 is 36.4. The maximum atomic E-state index is 11.8. The summed E-state index contributed by atoms with van der Waals surface area (Å²) in [5.41, 5.74) is 0. The van der Waals surface area contributed by atoms with Crippen molar-refractivity contribution in [1.29, 1.82) is 0 Å². The van der Waals surface area contributed by atoms with E-state index in [1.54, 1.807) is 0 Å². The molecule has 6 heteroatoms. The first-order valence-corrected chi connectivity index (χ1v) is 3.02. The maximum Gasteiger partial charge on any atom is 0.458 e. The van der Waals surface area contributed by atoms with Crippen molar-refractivity contribution in [2.75, 3.05) is 0 Å². The number of aromatic nitrogens is 2. The van der Waals surface area contributed by atoms with E-state index in [2.05, 4.69) is 4.98 Å². The Balaban J connectivity index is 3.01. The lowest BCUT2D eigenvalue weighted by Crippen LogP contribution is -2.25. The lowest BCUT2D eigenvalue weighted by atomic mass is 10.3. The number of ketones is 1. The van der Waals surface area contributed by atoms with Crippen LogP contribution in [0, 0.1) is 0 Å². The Kier molecular flexibility index (Phi) is 1.91. The highest BCUT2D eigenvalue weighted by atomic mass is 19.4. The molecule has 3 nitrogen and oxygen atoms in total. The van der Waals surface area contributed by atoms with Crippen molar-refractivity contribution in [2.24, 2.45) is 7.05 Å². The van der Waals surface area contributed by atoms with Crippen molar-refractivity contribution in [2.45, 2.75) is 6.18 Å². The minimum atomic E-state index is -4.85. The molecule has 0 radical (unpaired) electrons. The summed E-state index contributed by atoms with van der Waals surface area (Å²) in [6.45, 7) is 0. The van der Waals surface area contributed by atoms with Crippen LogP contribution >= 0.6 is 0 Å². The Morgan fingerprint density at radius 3 is 2.50 bits per heavy atom. The molecule has 1 aromatic heterocycles. The van der Waals surface area contributed by atoms with Crippen molar-refractivity contribution < 1.29 is 18.0 Å². The molecule has 0 saturated carbocycles. The molecule has 0 aliphatic rings. The molecule has 1 heterocycles. The normalized spacial score (nSPS) is 11.7. The van der Waals surface area contributed by atoms with Crippen LogP contribution in [0.5, 0.6) is 0 Å². The Labute approximate surface area is 65.8 Å². The first-order valence-electron chi connectivity index (χ1n) is 3.02. The molecule has 0 spiro atoms. The van der Waals surface area contributed by atoms with E-state index in [1.807, 2.05) is 0 Å².